The van der Waals surface area contributed by atoms with Gasteiger partial charge in [-0.15, -0.1) is 0 Å². The molecule has 0 aliphatic rings. The van der Waals surface area contributed by atoms with Crippen LogP contribution in [-0.2, 0) is 6.42 Å². The van der Waals surface area contributed by atoms with Crippen LogP contribution in [0, 0.1) is 6.92 Å². The highest BCUT2D eigenvalue weighted by Gasteiger charge is 2.08. The number of ether oxygens (including phenoxy) is 1. The van der Waals surface area contributed by atoms with Crippen LogP contribution in [0.3, 0.4) is 0 Å². The summed E-state index contributed by atoms with van der Waals surface area (Å²) in [5, 5.41) is 4.45. The summed E-state index contributed by atoms with van der Waals surface area (Å²) in [4.78, 5) is 3.40. The van der Waals surface area contributed by atoms with Gasteiger partial charge >= 0.3 is 0 Å². The first-order valence-electron chi connectivity index (χ1n) is 5.56. The van der Waals surface area contributed by atoms with Gasteiger partial charge in [0, 0.05) is 16.6 Å². The third-order valence-electron chi connectivity index (χ3n) is 2.95. The van der Waals surface area contributed by atoms with Crippen molar-refractivity contribution in [1.82, 2.24) is 10.3 Å². The van der Waals surface area contributed by atoms with E-state index < -0.39 is 0 Å². The van der Waals surface area contributed by atoms with Crippen molar-refractivity contribution in [2.75, 3.05) is 20.7 Å². The molecule has 0 unspecified atom stereocenters. The lowest BCUT2D eigenvalue weighted by atomic mass is 10.1. The summed E-state index contributed by atoms with van der Waals surface area (Å²) in [5.74, 6) is 0.914. The summed E-state index contributed by atoms with van der Waals surface area (Å²) in [5.41, 5.74) is 3.81. The maximum Gasteiger partial charge on any atom is 0.119 e. The summed E-state index contributed by atoms with van der Waals surface area (Å²) in [6, 6.07) is 6.16. The highest BCUT2D eigenvalue weighted by atomic mass is 16.5. The number of hydrogen-bond acceptors (Lipinski definition) is 2. The molecule has 0 aliphatic carbocycles. The molecular formula is C13H18N2O. The number of aryl methyl sites for hydroxylation is 1. The zero-order valence-electron chi connectivity index (χ0n) is 10.1. The fraction of sp³-hybridized carbons (Fsp3) is 0.385. The summed E-state index contributed by atoms with van der Waals surface area (Å²) in [6.07, 6.45) is 1.04. The molecule has 1 aromatic carbocycles. The van der Waals surface area contributed by atoms with Gasteiger partial charge in [0.2, 0.25) is 0 Å². The van der Waals surface area contributed by atoms with Crippen LogP contribution in [0.1, 0.15) is 11.3 Å². The van der Waals surface area contributed by atoms with Gasteiger partial charge in [0.15, 0.2) is 0 Å². The number of likely N-dealkylation sites (N-methyl/N-ethyl adjacent to an activating group) is 1. The molecule has 0 spiro atoms. The number of rotatable bonds is 4. The number of fused-ring (bicyclic) bond motifs is 1. The molecular weight excluding hydrogens is 200 g/mol. The SMILES string of the molecule is CNCCc1c(C)[nH]c2ccc(OC)cc12. The van der Waals surface area contributed by atoms with Gasteiger partial charge in [0.05, 0.1) is 7.11 Å². The van der Waals surface area contributed by atoms with Gasteiger partial charge in [0.25, 0.3) is 0 Å². The van der Waals surface area contributed by atoms with E-state index in [1.54, 1.807) is 7.11 Å². The maximum atomic E-state index is 5.26. The quantitative estimate of drug-likeness (QED) is 0.826. The second kappa shape index (κ2) is 4.58. The molecule has 0 saturated heterocycles. The molecule has 0 radical (unpaired) electrons. The van der Waals surface area contributed by atoms with Crippen molar-refractivity contribution in [1.29, 1.82) is 0 Å². The molecule has 0 bridgehead atoms. The van der Waals surface area contributed by atoms with E-state index in [1.807, 2.05) is 13.1 Å². The van der Waals surface area contributed by atoms with Gasteiger partial charge in [0.1, 0.15) is 5.75 Å². The smallest absolute Gasteiger partial charge is 0.119 e. The van der Waals surface area contributed by atoms with Crippen LogP contribution in [0.2, 0.25) is 0 Å². The first-order valence-corrected chi connectivity index (χ1v) is 5.56. The molecule has 2 N–H and O–H groups in total. The van der Waals surface area contributed by atoms with Crippen LogP contribution in [0.25, 0.3) is 10.9 Å². The van der Waals surface area contributed by atoms with Crippen LogP contribution >= 0.6 is 0 Å². The van der Waals surface area contributed by atoms with E-state index in [9.17, 15) is 0 Å². The minimum Gasteiger partial charge on any atom is -0.497 e. The number of aromatic nitrogens is 1. The summed E-state index contributed by atoms with van der Waals surface area (Å²) in [7, 11) is 3.68. The van der Waals surface area contributed by atoms with E-state index in [1.165, 1.54) is 22.2 Å². The molecule has 16 heavy (non-hydrogen) atoms. The van der Waals surface area contributed by atoms with Crippen LogP contribution in [0.5, 0.6) is 5.75 Å². The summed E-state index contributed by atoms with van der Waals surface area (Å²) < 4.78 is 5.26. The highest BCUT2D eigenvalue weighted by Crippen LogP contribution is 2.26. The molecule has 0 atom stereocenters. The van der Waals surface area contributed by atoms with Gasteiger partial charge < -0.3 is 15.0 Å². The topological polar surface area (TPSA) is 37.0 Å². The second-order valence-electron chi connectivity index (χ2n) is 3.99. The monoisotopic (exact) mass is 218 g/mol. The number of hydrogen-bond donors (Lipinski definition) is 2. The third kappa shape index (κ3) is 1.91. The van der Waals surface area contributed by atoms with Crippen molar-refractivity contribution < 1.29 is 4.74 Å². The maximum absolute atomic E-state index is 5.26. The Kier molecular flexibility index (Phi) is 3.15. The Balaban J connectivity index is 2.48. The second-order valence-corrected chi connectivity index (χ2v) is 3.99. The lowest BCUT2D eigenvalue weighted by Gasteiger charge is -2.02. The van der Waals surface area contributed by atoms with E-state index in [0.29, 0.717) is 0 Å². The molecule has 0 amide bonds. The molecule has 1 heterocycles. The van der Waals surface area contributed by atoms with Gasteiger partial charge in [-0.3, -0.25) is 0 Å². The Bertz CT molecular complexity index is 488. The standard InChI is InChI=1S/C13H18N2O/c1-9-11(6-7-14-2)12-8-10(16-3)4-5-13(12)15-9/h4-5,8,14-15H,6-7H2,1-3H3. The van der Waals surface area contributed by atoms with Crippen molar-refractivity contribution in [3.63, 3.8) is 0 Å². The van der Waals surface area contributed by atoms with E-state index in [0.717, 1.165) is 18.7 Å². The molecule has 0 fully saturated rings. The molecule has 3 heteroatoms. The molecule has 86 valence electrons. The number of H-pyrrole nitrogens is 1. The average molecular weight is 218 g/mol. The normalized spacial score (nSPS) is 10.9. The van der Waals surface area contributed by atoms with E-state index in [2.05, 4.69) is 29.4 Å². The predicted molar refractivity (Wildman–Crippen MR) is 67.2 cm³/mol. The summed E-state index contributed by atoms with van der Waals surface area (Å²) in [6.45, 7) is 3.11. The Labute approximate surface area is 95.8 Å². The van der Waals surface area contributed by atoms with Crippen molar-refractivity contribution in [2.24, 2.45) is 0 Å². The lowest BCUT2D eigenvalue weighted by molar-refractivity contribution is 0.415. The molecule has 0 saturated carbocycles. The van der Waals surface area contributed by atoms with Crippen LogP contribution in [0.4, 0.5) is 0 Å². The third-order valence-corrected chi connectivity index (χ3v) is 2.95. The minimum atomic E-state index is 0.914. The van der Waals surface area contributed by atoms with E-state index >= 15 is 0 Å². The average Bonchev–Trinajstić information content (AvgIpc) is 2.61. The van der Waals surface area contributed by atoms with Crippen LogP contribution in [0.15, 0.2) is 18.2 Å². The van der Waals surface area contributed by atoms with Crippen molar-refractivity contribution in [3.8, 4) is 5.75 Å². The fourth-order valence-electron chi connectivity index (χ4n) is 2.06. The molecule has 1 aromatic heterocycles. The van der Waals surface area contributed by atoms with E-state index in [4.69, 9.17) is 4.74 Å². The highest BCUT2D eigenvalue weighted by molar-refractivity contribution is 5.86. The first kappa shape index (κ1) is 11.0. The van der Waals surface area contributed by atoms with Gasteiger partial charge in [-0.25, -0.2) is 0 Å². The Morgan fingerprint density at radius 2 is 2.19 bits per heavy atom. The minimum absolute atomic E-state index is 0.914. The predicted octanol–water partition coefficient (Wildman–Crippen LogP) is 2.25. The van der Waals surface area contributed by atoms with Gasteiger partial charge in [-0.05, 0) is 50.7 Å². The lowest BCUT2D eigenvalue weighted by Crippen LogP contribution is -2.10. The fourth-order valence-corrected chi connectivity index (χ4v) is 2.06. The Morgan fingerprint density at radius 1 is 1.38 bits per heavy atom. The number of nitrogens with one attached hydrogen (secondary N) is 2. The van der Waals surface area contributed by atoms with Crippen LogP contribution in [-0.4, -0.2) is 25.7 Å². The zero-order chi connectivity index (χ0) is 11.5. The molecule has 0 aliphatic heterocycles. The number of benzene rings is 1. The van der Waals surface area contributed by atoms with Crippen molar-refractivity contribution in [2.45, 2.75) is 13.3 Å². The van der Waals surface area contributed by atoms with Gasteiger partial charge in [-0.1, -0.05) is 0 Å². The van der Waals surface area contributed by atoms with Crippen molar-refractivity contribution in [3.05, 3.63) is 29.5 Å². The zero-order valence-corrected chi connectivity index (χ0v) is 10.1. The van der Waals surface area contributed by atoms with Crippen LogP contribution < -0.4 is 10.1 Å². The Hall–Kier alpha value is -1.48. The molecule has 3 nitrogen and oxygen atoms in total. The number of aromatic amines is 1. The molecule has 2 rings (SSSR count). The Morgan fingerprint density at radius 3 is 2.88 bits per heavy atom. The number of methoxy groups -OCH3 is 1. The van der Waals surface area contributed by atoms with Gasteiger partial charge in [-0.2, -0.15) is 0 Å². The van der Waals surface area contributed by atoms with Crippen molar-refractivity contribution >= 4 is 10.9 Å². The van der Waals surface area contributed by atoms with E-state index in [-0.39, 0.29) is 0 Å². The first-order chi connectivity index (χ1) is 7.76. The molecule has 2 aromatic rings. The largest absolute Gasteiger partial charge is 0.497 e. The summed E-state index contributed by atoms with van der Waals surface area (Å²) >= 11 is 0.